The van der Waals surface area contributed by atoms with E-state index < -0.39 is 34.5 Å². The quantitative estimate of drug-likeness (QED) is 0.305. The molecule has 0 radical (unpaired) electrons. The number of hydrogen-bond donors (Lipinski definition) is 2. The zero-order valence-corrected chi connectivity index (χ0v) is 24.4. The highest BCUT2D eigenvalue weighted by Crippen LogP contribution is 2.43. The van der Waals surface area contributed by atoms with Crippen molar-refractivity contribution >= 4 is 27.5 Å². The monoisotopic (exact) mass is 617 g/mol. The Morgan fingerprint density at radius 3 is 2.91 bits per heavy atom. The molecular weight excluding hydrogens is 587 g/mol. The summed E-state index contributed by atoms with van der Waals surface area (Å²) < 4.78 is 58.8. The largest absolute Gasteiger partial charge is 0.508 e. The molecule has 2 aromatic carbocycles. The fourth-order valence-corrected chi connectivity index (χ4v) is 6.90. The Kier molecular flexibility index (Phi) is 6.98. The zero-order valence-electron chi connectivity index (χ0n) is 24.4. The number of β-amino-alcohol motifs (C(OH)–C–C–N with tert-alkyl or cyclic N) is 1. The van der Waals surface area contributed by atoms with Gasteiger partial charge in [-0.1, -0.05) is 0 Å². The third-order valence-corrected chi connectivity index (χ3v) is 8.84. The standard InChI is InChI=1S/C33H30F3N5O4/c1-3-25-26-19(5-7-37-25)11-21(42)12-22(26)27-24(35)13-23-29(28(27)36)38-31(39-30(23)40-9-10-44-17-32(2,43)16-40)45-18-33-6-4-8-41(33)15-20(34)14-33/h1,5,7,9-13,20,42-43H,4,6,8,14-18H2,2H3/t20-,32?,33+/m1/s1. The minimum atomic E-state index is -1.33. The molecule has 5 heterocycles. The van der Waals surface area contributed by atoms with Crippen molar-refractivity contribution in [2.75, 3.05) is 37.7 Å². The Morgan fingerprint density at radius 1 is 1.24 bits per heavy atom. The fourth-order valence-electron chi connectivity index (χ4n) is 6.90. The number of anilines is 1. The molecule has 3 aliphatic heterocycles. The summed E-state index contributed by atoms with van der Waals surface area (Å²) in [7, 11) is 0. The van der Waals surface area contributed by atoms with Crippen molar-refractivity contribution in [3.8, 4) is 35.2 Å². The number of aromatic nitrogens is 3. The van der Waals surface area contributed by atoms with Crippen LogP contribution >= 0.6 is 0 Å². The van der Waals surface area contributed by atoms with E-state index in [1.54, 1.807) is 13.0 Å². The topological polar surface area (TPSA) is 104 Å². The molecule has 12 heteroatoms. The van der Waals surface area contributed by atoms with Crippen molar-refractivity contribution in [2.24, 2.45) is 0 Å². The van der Waals surface area contributed by atoms with Gasteiger partial charge in [0.1, 0.15) is 53.6 Å². The number of fused-ring (bicyclic) bond motifs is 3. The maximum Gasteiger partial charge on any atom is 0.319 e. The number of phenolic OH excluding ortho intramolecular Hbond substituents is 1. The highest BCUT2D eigenvalue weighted by molar-refractivity contribution is 6.03. The molecular formula is C33H30F3N5O4. The molecule has 0 bridgehead atoms. The van der Waals surface area contributed by atoms with E-state index in [2.05, 4.69) is 25.8 Å². The molecule has 2 fully saturated rings. The summed E-state index contributed by atoms with van der Waals surface area (Å²) >= 11 is 0. The van der Waals surface area contributed by atoms with Gasteiger partial charge in [0.25, 0.3) is 0 Å². The summed E-state index contributed by atoms with van der Waals surface area (Å²) in [5.41, 5.74) is -2.44. The minimum Gasteiger partial charge on any atom is -0.508 e. The first-order valence-corrected chi connectivity index (χ1v) is 14.7. The average Bonchev–Trinajstić information content (AvgIpc) is 3.45. The van der Waals surface area contributed by atoms with Crippen molar-refractivity contribution in [3.63, 3.8) is 0 Å². The van der Waals surface area contributed by atoms with Crippen LogP contribution in [-0.4, -0.2) is 80.2 Å². The molecule has 1 unspecified atom stereocenters. The number of ether oxygens (including phenoxy) is 2. The van der Waals surface area contributed by atoms with E-state index in [1.807, 2.05) is 0 Å². The van der Waals surface area contributed by atoms with E-state index >= 15 is 8.78 Å². The van der Waals surface area contributed by atoms with Gasteiger partial charge in [0.05, 0.1) is 23.9 Å². The number of rotatable bonds is 5. The van der Waals surface area contributed by atoms with Gasteiger partial charge in [0, 0.05) is 41.7 Å². The van der Waals surface area contributed by atoms with Gasteiger partial charge >= 0.3 is 6.01 Å². The number of aromatic hydroxyl groups is 1. The van der Waals surface area contributed by atoms with Crippen LogP contribution in [0.4, 0.5) is 19.0 Å². The van der Waals surface area contributed by atoms with Gasteiger partial charge in [-0.15, -0.1) is 6.42 Å². The second-order valence-electron chi connectivity index (χ2n) is 12.3. The highest BCUT2D eigenvalue weighted by atomic mass is 19.1. The van der Waals surface area contributed by atoms with Crippen molar-refractivity contribution in [3.05, 3.63) is 60.3 Å². The Morgan fingerprint density at radius 2 is 2.09 bits per heavy atom. The molecule has 2 saturated heterocycles. The number of hydrogen-bond acceptors (Lipinski definition) is 9. The molecule has 0 amide bonds. The Hall–Kier alpha value is -4.60. The molecule has 9 nitrogen and oxygen atoms in total. The second kappa shape index (κ2) is 10.8. The van der Waals surface area contributed by atoms with E-state index in [1.165, 1.54) is 35.7 Å². The molecule has 7 rings (SSSR count). The highest BCUT2D eigenvalue weighted by Gasteiger charge is 2.49. The Bertz CT molecular complexity index is 1910. The fraction of sp³-hybridized carbons (Fsp3) is 0.364. The number of alkyl halides is 1. The summed E-state index contributed by atoms with van der Waals surface area (Å²) in [5.74, 6) is 0.303. The second-order valence-corrected chi connectivity index (χ2v) is 12.3. The van der Waals surface area contributed by atoms with Gasteiger partial charge in [-0.25, -0.2) is 18.2 Å². The molecule has 0 aliphatic carbocycles. The van der Waals surface area contributed by atoms with Crippen LogP contribution in [0.3, 0.4) is 0 Å². The molecule has 45 heavy (non-hydrogen) atoms. The normalized spacial score (nSPS) is 24.9. The van der Waals surface area contributed by atoms with E-state index in [-0.39, 0.29) is 64.9 Å². The van der Waals surface area contributed by atoms with Gasteiger partial charge in [0.2, 0.25) is 0 Å². The molecule has 3 aliphatic rings. The van der Waals surface area contributed by atoms with Gasteiger partial charge in [-0.2, -0.15) is 9.97 Å². The number of terminal acetylenes is 1. The van der Waals surface area contributed by atoms with E-state index in [4.69, 9.17) is 15.9 Å². The van der Waals surface area contributed by atoms with Crippen molar-refractivity contribution in [2.45, 2.75) is 43.5 Å². The smallest absolute Gasteiger partial charge is 0.319 e. The van der Waals surface area contributed by atoms with Crippen molar-refractivity contribution < 1.29 is 32.9 Å². The first kappa shape index (κ1) is 29.1. The zero-order chi connectivity index (χ0) is 31.5. The van der Waals surface area contributed by atoms with Gasteiger partial charge < -0.3 is 24.6 Å². The third-order valence-electron chi connectivity index (χ3n) is 8.84. The van der Waals surface area contributed by atoms with Crippen molar-refractivity contribution in [1.82, 2.24) is 19.9 Å². The van der Waals surface area contributed by atoms with E-state index in [0.29, 0.717) is 18.4 Å². The lowest BCUT2D eigenvalue weighted by Gasteiger charge is -2.31. The number of pyridine rings is 1. The summed E-state index contributed by atoms with van der Waals surface area (Å²) in [6.07, 6.45) is 11.0. The van der Waals surface area contributed by atoms with Gasteiger partial charge in [-0.3, -0.25) is 4.90 Å². The van der Waals surface area contributed by atoms with Crippen LogP contribution in [0.25, 0.3) is 32.8 Å². The number of halogens is 3. The number of benzene rings is 2. The van der Waals surface area contributed by atoms with Gasteiger partial charge in [-0.05, 0) is 61.9 Å². The maximum atomic E-state index is 16.8. The summed E-state index contributed by atoms with van der Waals surface area (Å²) in [5, 5.41) is 22.1. The predicted molar refractivity (Wildman–Crippen MR) is 161 cm³/mol. The minimum absolute atomic E-state index is 0.00277. The van der Waals surface area contributed by atoms with Crippen LogP contribution in [0.1, 0.15) is 31.9 Å². The molecule has 4 aromatic rings. The summed E-state index contributed by atoms with van der Waals surface area (Å²) in [4.78, 5) is 16.7. The van der Waals surface area contributed by atoms with Crippen LogP contribution in [-0.2, 0) is 4.74 Å². The van der Waals surface area contributed by atoms with Crippen LogP contribution in [0.2, 0.25) is 0 Å². The molecule has 3 atom stereocenters. The number of nitrogens with zero attached hydrogens (tertiary/aromatic N) is 5. The Labute approximate surface area is 256 Å². The third kappa shape index (κ3) is 5.06. The first-order chi connectivity index (χ1) is 21.6. The first-order valence-electron chi connectivity index (χ1n) is 14.7. The lowest BCUT2D eigenvalue weighted by Crippen LogP contribution is -2.43. The average molecular weight is 618 g/mol. The predicted octanol–water partition coefficient (Wildman–Crippen LogP) is 4.82. The lowest BCUT2D eigenvalue weighted by molar-refractivity contribution is 0.00798. The molecule has 232 valence electrons. The van der Waals surface area contributed by atoms with Crippen molar-refractivity contribution in [1.29, 1.82) is 0 Å². The molecule has 2 aromatic heterocycles. The number of aliphatic hydroxyl groups is 1. The molecule has 2 N–H and O–H groups in total. The molecule has 0 spiro atoms. The van der Waals surface area contributed by atoms with Crippen LogP contribution in [0.5, 0.6) is 11.8 Å². The Balaban J connectivity index is 1.42. The van der Waals surface area contributed by atoms with Gasteiger partial charge in [0.15, 0.2) is 5.82 Å². The van der Waals surface area contributed by atoms with Crippen LogP contribution in [0.15, 0.2) is 42.9 Å². The maximum absolute atomic E-state index is 16.8. The summed E-state index contributed by atoms with van der Waals surface area (Å²) in [6, 6.07) is 5.15. The number of phenols is 1. The van der Waals surface area contributed by atoms with Crippen LogP contribution < -0.4 is 9.64 Å². The molecule has 0 saturated carbocycles. The summed E-state index contributed by atoms with van der Waals surface area (Å²) in [6.45, 7) is 2.70. The van der Waals surface area contributed by atoms with E-state index in [9.17, 15) is 14.6 Å². The van der Waals surface area contributed by atoms with Crippen LogP contribution in [0, 0.1) is 24.0 Å². The SMILES string of the molecule is C#Cc1nccc2cc(O)cc(-c3c(F)cc4c(N5C=COCC(C)(O)C5)nc(OC[C@@]56CCCN5C[C@H](F)C6)nc4c3F)c12. The van der Waals surface area contributed by atoms with E-state index in [0.717, 1.165) is 25.5 Å². The lowest BCUT2D eigenvalue weighted by atomic mass is 9.94.